The van der Waals surface area contributed by atoms with E-state index in [1.807, 2.05) is 0 Å². The van der Waals surface area contributed by atoms with Crippen molar-refractivity contribution < 1.29 is 17.9 Å². The molecule has 8 heteroatoms. The number of hydrogen-bond acceptors (Lipinski definition) is 5. The third-order valence-electron chi connectivity index (χ3n) is 2.81. The lowest BCUT2D eigenvalue weighted by Crippen LogP contribution is -2.13. The standard InChI is InChI=1S/C13H13F3N4O/c1-7-3-4-8(21-2)5-10(7)19-11-9(13(14,15)16)6-18-12(17)20-11/h3-6H,1-2H3,(H3,17,18,19,20). The molecule has 0 saturated carbocycles. The fraction of sp³-hybridized carbons (Fsp3) is 0.231. The highest BCUT2D eigenvalue weighted by Crippen LogP contribution is 2.35. The molecule has 0 spiro atoms. The molecule has 1 aromatic heterocycles. The summed E-state index contributed by atoms with van der Waals surface area (Å²) in [5.41, 5.74) is 5.56. The van der Waals surface area contributed by atoms with Gasteiger partial charge in [-0.2, -0.15) is 18.2 Å². The van der Waals surface area contributed by atoms with Crippen molar-refractivity contribution in [1.82, 2.24) is 9.97 Å². The van der Waals surface area contributed by atoms with Crippen LogP contribution in [0.25, 0.3) is 0 Å². The van der Waals surface area contributed by atoms with Gasteiger partial charge in [0.15, 0.2) is 0 Å². The van der Waals surface area contributed by atoms with Crippen LogP contribution in [0.5, 0.6) is 5.75 Å². The number of halogens is 3. The lowest BCUT2D eigenvalue weighted by molar-refractivity contribution is -0.137. The van der Waals surface area contributed by atoms with Gasteiger partial charge >= 0.3 is 6.18 Å². The number of aryl methyl sites for hydroxylation is 1. The van der Waals surface area contributed by atoms with E-state index in [0.717, 1.165) is 5.56 Å². The SMILES string of the molecule is COc1ccc(C)c(Nc2nc(N)ncc2C(F)(F)F)c1. The Kier molecular flexibility index (Phi) is 3.88. The maximum absolute atomic E-state index is 12.9. The van der Waals surface area contributed by atoms with Gasteiger partial charge in [0.25, 0.3) is 0 Å². The summed E-state index contributed by atoms with van der Waals surface area (Å²) in [4.78, 5) is 7.01. The number of aromatic nitrogens is 2. The van der Waals surface area contributed by atoms with Crippen LogP contribution in [0.1, 0.15) is 11.1 Å². The Labute approximate surface area is 119 Å². The fourth-order valence-corrected chi connectivity index (χ4v) is 1.69. The van der Waals surface area contributed by atoms with Gasteiger partial charge in [0.1, 0.15) is 17.1 Å². The summed E-state index contributed by atoms with van der Waals surface area (Å²) in [6.45, 7) is 1.75. The predicted molar refractivity (Wildman–Crippen MR) is 72.5 cm³/mol. The Morgan fingerprint density at radius 3 is 2.62 bits per heavy atom. The van der Waals surface area contributed by atoms with Gasteiger partial charge in [0.05, 0.1) is 7.11 Å². The molecule has 1 aromatic carbocycles. The molecule has 0 saturated heterocycles. The first kappa shape index (κ1) is 14.9. The van der Waals surface area contributed by atoms with Crippen molar-refractivity contribution in [2.45, 2.75) is 13.1 Å². The van der Waals surface area contributed by atoms with Crippen LogP contribution in [0.2, 0.25) is 0 Å². The predicted octanol–water partition coefficient (Wildman–Crippen LogP) is 3.14. The molecule has 0 fully saturated rings. The number of benzene rings is 1. The molecule has 2 aromatic rings. The summed E-state index contributed by atoms with van der Waals surface area (Å²) in [6.07, 6.45) is -3.93. The monoisotopic (exact) mass is 298 g/mol. The highest BCUT2D eigenvalue weighted by Gasteiger charge is 2.35. The van der Waals surface area contributed by atoms with Crippen LogP contribution in [0.4, 0.5) is 30.6 Å². The number of nitrogens with zero attached hydrogens (tertiary/aromatic N) is 2. The molecule has 0 aliphatic heterocycles. The molecule has 0 radical (unpaired) electrons. The first-order valence-electron chi connectivity index (χ1n) is 5.92. The molecule has 0 atom stereocenters. The molecule has 21 heavy (non-hydrogen) atoms. The molecule has 0 bridgehead atoms. The third kappa shape index (κ3) is 3.33. The lowest BCUT2D eigenvalue weighted by Gasteiger charge is -2.15. The van der Waals surface area contributed by atoms with E-state index in [1.165, 1.54) is 7.11 Å². The second-order valence-corrected chi connectivity index (χ2v) is 4.29. The van der Waals surface area contributed by atoms with Gasteiger partial charge < -0.3 is 15.8 Å². The molecular weight excluding hydrogens is 285 g/mol. The Morgan fingerprint density at radius 2 is 2.00 bits per heavy atom. The van der Waals surface area contributed by atoms with E-state index in [4.69, 9.17) is 10.5 Å². The maximum atomic E-state index is 12.9. The number of ether oxygens (including phenoxy) is 1. The minimum absolute atomic E-state index is 0.244. The molecule has 5 nitrogen and oxygen atoms in total. The Balaban J connectivity index is 2.46. The number of alkyl halides is 3. The topological polar surface area (TPSA) is 73.1 Å². The number of nitrogens with two attached hydrogens (primary N) is 1. The number of nitrogens with one attached hydrogen (secondary N) is 1. The summed E-state index contributed by atoms with van der Waals surface area (Å²) in [5, 5.41) is 2.63. The number of methoxy groups -OCH3 is 1. The van der Waals surface area contributed by atoms with E-state index in [9.17, 15) is 13.2 Å². The average Bonchev–Trinajstić information content (AvgIpc) is 2.40. The first-order chi connectivity index (χ1) is 9.81. The molecule has 0 aliphatic rings. The average molecular weight is 298 g/mol. The fourth-order valence-electron chi connectivity index (χ4n) is 1.69. The normalized spacial score (nSPS) is 11.3. The smallest absolute Gasteiger partial charge is 0.421 e. The van der Waals surface area contributed by atoms with Crippen molar-refractivity contribution in [3.8, 4) is 5.75 Å². The quantitative estimate of drug-likeness (QED) is 0.910. The maximum Gasteiger partial charge on any atom is 0.421 e. The van der Waals surface area contributed by atoms with Crippen LogP contribution in [-0.2, 0) is 6.18 Å². The van der Waals surface area contributed by atoms with Gasteiger partial charge in [-0.25, -0.2) is 4.98 Å². The van der Waals surface area contributed by atoms with Crippen LogP contribution in [0.3, 0.4) is 0 Å². The molecule has 0 aliphatic carbocycles. The minimum Gasteiger partial charge on any atom is -0.497 e. The number of nitrogen functional groups attached to an aromatic ring is 1. The van der Waals surface area contributed by atoms with Crippen LogP contribution < -0.4 is 15.8 Å². The van der Waals surface area contributed by atoms with Crippen molar-refractivity contribution in [2.24, 2.45) is 0 Å². The molecule has 0 amide bonds. The Bertz CT molecular complexity index is 658. The van der Waals surface area contributed by atoms with Crippen molar-refractivity contribution in [2.75, 3.05) is 18.2 Å². The van der Waals surface area contributed by atoms with E-state index in [1.54, 1.807) is 25.1 Å². The van der Waals surface area contributed by atoms with Crippen molar-refractivity contribution in [3.63, 3.8) is 0 Å². The third-order valence-corrected chi connectivity index (χ3v) is 2.81. The second-order valence-electron chi connectivity index (χ2n) is 4.29. The molecule has 112 valence electrons. The van der Waals surface area contributed by atoms with E-state index in [2.05, 4.69) is 15.3 Å². The zero-order valence-corrected chi connectivity index (χ0v) is 11.3. The second kappa shape index (κ2) is 5.47. The Morgan fingerprint density at radius 1 is 1.29 bits per heavy atom. The van der Waals surface area contributed by atoms with Gasteiger partial charge in [0.2, 0.25) is 5.95 Å². The molecular formula is C13H13F3N4O. The van der Waals surface area contributed by atoms with Gasteiger partial charge in [-0.1, -0.05) is 6.07 Å². The highest BCUT2D eigenvalue weighted by atomic mass is 19.4. The number of rotatable bonds is 3. The van der Waals surface area contributed by atoms with E-state index in [0.29, 0.717) is 17.6 Å². The highest BCUT2D eigenvalue weighted by molar-refractivity contribution is 5.65. The van der Waals surface area contributed by atoms with Gasteiger partial charge in [-0.05, 0) is 18.6 Å². The van der Waals surface area contributed by atoms with E-state index < -0.39 is 17.6 Å². The van der Waals surface area contributed by atoms with Crippen LogP contribution in [-0.4, -0.2) is 17.1 Å². The molecule has 3 N–H and O–H groups in total. The summed E-state index contributed by atoms with van der Waals surface area (Å²) in [5.74, 6) is -0.129. The molecule has 1 heterocycles. The summed E-state index contributed by atoms with van der Waals surface area (Å²) >= 11 is 0. The molecule has 0 unspecified atom stereocenters. The molecule has 2 rings (SSSR count). The van der Waals surface area contributed by atoms with Crippen LogP contribution in [0.15, 0.2) is 24.4 Å². The van der Waals surface area contributed by atoms with Crippen molar-refractivity contribution >= 4 is 17.5 Å². The first-order valence-corrected chi connectivity index (χ1v) is 5.92. The van der Waals surface area contributed by atoms with Crippen molar-refractivity contribution in [1.29, 1.82) is 0 Å². The summed E-state index contributed by atoms with van der Waals surface area (Å²) in [7, 11) is 1.47. The lowest BCUT2D eigenvalue weighted by atomic mass is 10.2. The van der Waals surface area contributed by atoms with Crippen LogP contribution in [0, 0.1) is 6.92 Å². The van der Waals surface area contributed by atoms with Gasteiger partial charge in [0, 0.05) is 18.0 Å². The van der Waals surface area contributed by atoms with Crippen molar-refractivity contribution in [3.05, 3.63) is 35.5 Å². The van der Waals surface area contributed by atoms with Crippen LogP contribution >= 0.6 is 0 Å². The van der Waals surface area contributed by atoms with Gasteiger partial charge in [-0.15, -0.1) is 0 Å². The van der Waals surface area contributed by atoms with Gasteiger partial charge in [-0.3, -0.25) is 0 Å². The Hall–Kier alpha value is -2.51. The number of anilines is 3. The summed E-state index contributed by atoms with van der Waals surface area (Å²) in [6, 6.07) is 5.01. The van der Waals surface area contributed by atoms with E-state index in [-0.39, 0.29) is 5.95 Å². The number of hydrogen-bond donors (Lipinski definition) is 2. The zero-order chi connectivity index (χ0) is 15.6. The summed E-state index contributed by atoms with van der Waals surface area (Å²) < 4.78 is 43.9. The minimum atomic E-state index is -4.58. The zero-order valence-electron chi connectivity index (χ0n) is 11.3. The van der Waals surface area contributed by atoms with E-state index >= 15 is 0 Å². The largest absolute Gasteiger partial charge is 0.497 e.